The van der Waals surface area contributed by atoms with Gasteiger partial charge in [-0.3, -0.25) is 4.90 Å². The monoisotopic (exact) mass is 492 g/mol. The molecule has 1 saturated heterocycles. The molecule has 0 bridgehead atoms. The Bertz CT molecular complexity index is 1090. The van der Waals surface area contributed by atoms with Crippen LogP contribution in [0.4, 0.5) is 10.5 Å². The molecule has 8 nitrogen and oxygen atoms in total. The maximum atomic E-state index is 13.1. The van der Waals surface area contributed by atoms with E-state index in [1.807, 2.05) is 31.3 Å². The lowest BCUT2D eigenvalue weighted by atomic mass is 9.95. The molecule has 0 aliphatic carbocycles. The zero-order valence-corrected chi connectivity index (χ0v) is 21.4. The maximum absolute atomic E-state index is 13.1. The number of nitrogens with zero attached hydrogens (tertiary/aromatic N) is 2. The van der Waals surface area contributed by atoms with Gasteiger partial charge in [-0.05, 0) is 62.6 Å². The third kappa shape index (κ3) is 5.99. The first-order valence-corrected chi connectivity index (χ1v) is 12.6. The van der Waals surface area contributed by atoms with Gasteiger partial charge in [0, 0.05) is 37.6 Å². The summed E-state index contributed by atoms with van der Waals surface area (Å²) in [4.78, 5) is 30.3. The predicted molar refractivity (Wildman–Crippen MR) is 140 cm³/mol. The van der Waals surface area contributed by atoms with Crippen LogP contribution in [0, 0.1) is 0 Å². The number of hydrogen-bond donors (Lipinski definition) is 2. The van der Waals surface area contributed by atoms with E-state index >= 15 is 0 Å². The summed E-state index contributed by atoms with van der Waals surface area (Å²) < 4.78 is 10.7. The van der Waals surface area contributed by atoms with Crippen LogP contribution in [0.3, 0.4) is 0 Å². The van der Waals surface area contributed by atoms with Crippen LogP contribution in [-0.4, -0.2) is 57.3 Å². The number of ether oxygens (including phenoxy) is 2. The van der Waals surface area contributed by atoms with Crippen molar-refractivity contribution in [1.29, 1.82) is 0 Å². The standard InChI is InChI=1S/C28H36N4O4/c1-4-36-27(33)25-23(29-28(34)30-26(25)20-12-14-22(35-3)15-13-20)19-31(2)18-21-10-6-7-11-24(21)32-16-8-5-9-17-32/h6-7,10-15,26H,4-5,8-9,16-19H2,1-3H3,(H2,29,30,34)/t26-/m1/s1. The largest absolute Gasteiger partial charge is 0.497 e. The lowest BCUT2D eigenvalue weighted by Crippen LogP contribution is -2.48. The number of benzene rings is 2. The van der Waals surface area contributed by atoms with Crippen molar-refractivity contribution in [3.8, 4) is 5.75 Å². The highest BCUT2D eigenvalue weighted by Crippen LogP contribution is 2.30. The minimum Gasteiger partial charge on any atom is -0.497 e. The summed E-state index contributed by atoms with van der Waals surface area (Å²) in [5.41, 5.74) is 4.24. The van der Waals surface area contributed by atoms with Gasteiger partial charge in [0.05, 0.1) is 25.3 Å². The molecule has 2 N–H and O–H groups in total. The Balaban J connectivity index is 1.61. The zero-order chi connectivity index (χ0) is 25.5. The minimum atomic E-state index is -0.618. The molecule has 2 aromatic carbocycles. The lowest BCUT2D eigenvalue weighted by Gasteiger charge is -2.33. The average molecular weight is 493 g/mol. The number of rotatable bonds is 9. The van der Waals surface area contributed by atoms with E-state index in [9.17, 15) is 9.59 Å². The molecule has 192 valence electrons. The summed E-state index contributed by atoms with van der Waals surface area (Å²) >= 11 is 0. The molecule has 1 fully saturated rings. The molecule has 1 atom stereocenters. The number of amides is 2. The second-order valence-electron chi connectivity index (χ2n) is 9.27. The van der Waals surface area contributed by atoms with E-state index in [2.05, 4.69) is 44.7 Å². The Hall–Kier alpha value is -3.52. The smallest absolute Gasteiger partial charge is 0.338 e. The van der Waals surface area contributed by atoms with Crippen molar-refractivity contribution < 1.29 is 19.1 Å². The highest BCUT2D eigenvalue weighted by atomic mass is 16.5. The van der Waals surface area contributed by atoms with Crippen LogP contribution in [0.25, 0.3) is 0 Å². The Morgan fingerprint density at radius 1 is 1.06 bits per heavy atom. The average Bonchev–Trinajstić information content (AvgIpc) is 2.89. The van der Waals surface area contributed by atoms with E-state index in [4.69, 9.17) is 9.47 Å². The van der Waals surface area contributed by atoms with Gasteiger partial charge in [-0.1, -0.05) is 30.3 Å². The predicted octanol–water partition coefficient (Wildman–Crippen LogP) is 3.99. The maximum Gasteiger partial charge on any atom is 0.338 e. The first-order valence-electron chi connectivity index (χ1n) is 12.6. The summed E-state index contributed by atoms with van der Waals surface area (Å²) in [6.07, 6.45) is 3.71. The molecule has 36 heavy (non-hydrogen) atoms. The van der Waals surface area contributed by atoms with Crippen molar-refractivity contribution in [3.63, 3.8) is 0 Å². The summed E-state index contributed by atoms with van der Waals surface area (Å²) in [5.74, 6) is 0.260. The molecule has 0 unspecified atom stereocenters. The van der Waals surface area contributed by atoms with Gasteiger partial charge in [-0.15, -0.1) is 0 Å². The topological polar surface area (TPSA) is 83.1 Å². The number of methoxy groups -OCH3 is 1. The number of carbonyl (C=O) groups excluding carboxylic acids is 2. The van der Waals surface area contributed by atoms with Crippen LogP contribution < -0.4 is 20.3 Å². The van der Waals surface area contributed by atoms with Crippen LogP contribution >= 0.6 is 0 Å². The van der Waals surface area contributed by atoms with Crippen LogP contribution in [-0.2, 0) is 16.1 Å². The molecular weight excluding hydrogens is 456 g/mol. The van der Waals surface area contributed by atoms with Gasteiger partial charge in [0.2, 0.25) is 0 Å². The van der Waals surface area contributed by atoms with Crippen LogP contribution in [0.15, 0.2) is 59.8 Å². The first-order chi connectivity index (χ1) is 17.5. The van der Waals surface area contributed by atoms with Crippen molar-refractivity contribution >= 4 is 17.7 Å². The number of nitrogens with one attached hydrogen (secondary N) is 2. The number of anilines is 1. The summed E-state index contributed by atoms with van der Waals surface area (Å²) in [6.45, 7) is 5.25. The number of piperidine rings is 1. The van der Waals surface area contributed by atoms with E-state index in [0.29, 0.717) is 30.1 Å². The Morgan fingerprint density at radius 3 is 2.47 bits per heavy atom. The number of esters is 1. The van der Waals surface area contributed by atoms with Gasteiger partial charge in [0.25, 0.3) is 0 Å². The molecule has 0 aromatic heterocycles. The molecule has 2 aromatic rings. The zero-order valence-electron chi connectivity index (χ0n) is 21.4. The van der Waals surface area contributed by atoms with E-state index in [1.54, 1.807) is 14.0 Å². The number of carbonyl (C=O) groups is 2. The Morgan fingerprint density at radius 2 is 1.78 bits per heavy atom. The molecule has 2 amide bonds. The highest BCUT2D eigenvalue weighted by Gasteiger charge is 2.34. The number of likely N-dealkylation sites (N-methyl/N-ethyl adjacent to an activating group) is 1. The number of urea groups is 1. The van der Waals surface area contributed by atoms with Gasteiger partial charge in [-0.2, -0.15) is 0 Å². The van der Waals surface area contributed by atoms with Gasteiger partial charge in [-0.25, -0.2) is 9.59 Å². The molecule has 0 spiro atoms. The fourth-order valence-electron chi connectivity index (χ4n) is 4.94. The Kier molecular flexibility index (Phi) is 8.48. The van der Waals surface area contributed by atoms with E-state index in [1.165, 1.54) is 30.5 Å². The van der Waals surface area contributed by atoms with Crippen LogP contribution in [0.1, 0.15) is 43.4 Å². The highest BCUT2D eigenvalue weighted by molar-refractivity contribution is 5.95. The summed E-state index contributed by atoms with van der Waals surface area (Å²) in [7, 11) is 3.60. The molecule has 2 aliphatic heterocycles. The molecule has 2 aliphatic rings. The molecule has 2 heterocycles. The number of para-hydroxylation sites is 1. The third-order valence-electron chi connectivity index (χ3n) is 6.65. The molecule has 0 saturated carbocycles. The SMILES string of the molecule is CCOC(=O)C1=C(CN(C)Cc2ccccc2N2CCCCC2)NC(=O)N[C@@H]1c1ccc(OC)cc1. The minimum absolute atomic E-state index is 0.248. The fourth-order valence-corrected chi connectivity index (χ4v) is 4.94. The van der Waals surface area contributed by atoms with Crippen LogP contribution in [0.5, 0.6) is 5.75 Å². The van der Waals surface area contributed by atoms with Gasteiger partial charge >= 0.3 is 12.0 Å². The molecular formula is C28H36N4O4. The van der Waals surface area contributed by atoms with Crippen molar-refractivity contribution in [3.05, 3.63) is 70.9 Å². The van der Waals surface area contributed by atoms with Crippen molar-refractivity contribution in [2.45, 2.75) is 38.8 Å². The quantitative estimate of drug-likeness (QED) is 0.515. The number of hydrogen-bond acceptors (Lipinski definition) is 6. The third-order valence-corrected chi connectivity index (χ3v) is 6.65. The van der Waals surface area contributed by atoms with Gasteiger partial charge in [0.15, 0.2) is 0 Å². The van der Waals surface area contributed by atoms with Crippen molar-refractivity contribution in [1.82, 2.24) is 15.5 Å². The first kappa shape index (κ1) is 25.6. The molecule has 0 radical (unpaired) electrons. The fraction of sp³-hybridized carbons (Fsp3) is 0.429. The second kappa shape index (κ2) is 11.9. The normalized spacial score (nSPS) is 18.1. The van der Waals surface area contributed by atoms with Crippen LogP contribution in [0.2, 0.25) is 0 Å². The second-order valence-corrected chi connectivity index (χ2v) is 9.27. The van der Waals surface area contributed by atoms with Gasteiger partial charge < -0.3 is 25.0 Å². The van der Waals surface area contributed by atoms with Crippen molar-refractivity contribution in [2.75, 3.05) is 45.3 Å². The van der Waals surface area contributed by atoms with Crippen molar-refractivity contribution in [2.24, 2.45) is 0 Å². The van der Waals surface area contributed by atoms with E-state index < -0.39 is 12.0 Å². The molecule has 4 rings (SSSR count). The molecule has 8 heteroatoms. The summed E-state index contributed by atoms with van der Waals surface area (Å²) in [6, 6.07) is 14.9. The van der Waals surface area contributed by atoms with Gasteiger partial charge in [0.1, 0.15) is 5.75 Å². The summed E-state index contributed by atoms with van der Waals surface area (Å²) in [5, 5.41) is 5.76. The van der Waals surface area contributed by atoms with E-state index in [0.717, 1.165) is 18.7 Å². The van der Waals surface area contributed by atoms with E-state index in [-0.39, 0.29) is 12.6 Å². The lowest BCUT2D eigenvalue weighted by molar-refractivity contribution is -0.139. The Labute approximate surface area is 213 Å².